The van der Waals surface area contributed by atoms with Crippen molar-refractivity contribution in [3.8, 4) is 0 Å². The number of alkyl halides is 3. The van der Waals surface area contributed by atoms with Gasteiger partial charge in [-0.15, -0.1) is 34.2 Å². The second kappa shape index (κ2) is 13.2. The second-order valence-corrected chi connectivity index (χ2v) is 7.25. The van der Waals surface area contributed by atoms with Crippen molar-refractivity contribution in [2.24, 2.45) is 4.99 Å². The molecule has 0 aliphatic heterocycles. The molecule has 1 heterocycles. The minimum atomic E-state index is -4.37. The number of guanidine groups is 1. The summed E-state index contributed by atoms with van der Waals surface area (Å²) >= 11 is 0. The molecule has 33 heavy (non-hydrogen) atoms. The fourth-order valence-corrected chi connectivity index (χ4v) is 3.19. The number of rotatable bonds is 9. The van der Waals surface area contributed by atoms with Crippen molar-refractivity contribution >= 4 is 29.9 Å². The highest BCUT2D eigenvalue weighted by atomic mass is 127. The van der Waals surface area contributed by atoms with Crippen LogP contribution in [0.4, 0.5) is 13.2 Å². The summed E-state index contributed by atoms with van der Waals surface area (Å²) in [5.74, 6) is 1.44. The van der Waals surface area contributed by atoms with Gasteiger partial charge in [0.15, 0.2) is 5.96 Å². The zero-order chi connectivity index (χ0) is 22.8. The Morgan fingerprint density at radius 1 is 1.00 bits per heavy atom. The SMILES string of the molecule is CCc1nncn1CCNC(=NCc1cccc(C(F)(F)F)c1)NCCc1ccccc1.I. The van der Waals surface area contributed by atoms with Crippen LogP contribution in [0.1, 0.15) is 29.4 Å². The summed E-state index contributed by atoms with van der Waals surface area (Å²) in [6, 6.07) is 15.3. The number of aliphatic imine (C=N–C) groups is 1. The van der Waals surface area contributed by atoms with Crippen molar-refractivity contribution in [2.75, 3.05) is 13.1 Å². The van der Waals surface area contributed by atoms with E-state index in [9.17, 15) is 13.2 Å². The van der Waals surface area contributed by atoms with Gasteiger partial charge in [-0.3, -0.25) is 0 Å². The van der Waals surface area contributed by atoms with Gasteiger partial charge in [0.05, 0.1) is 12.1 Å². The molecule has 0 unspecified atom stereocenters. The number of hydrogen-bond acceptors (Lipinski definition) is 3. The molecule has 0 amide bonds. The van der Waals surface area contributed by atoms with E-state index in [-0.39, 0.29) is 30.5 Å². The zero-order valence-corrected chi connectivity index (χ0v) is 20.7. The molecule has 0 radical (unpaired) electrons. The van der Waals surface area contributed by atoms with Gasteiger partial charge < -0.3 is 15.2 Å². The van der Waals surface area contributed by atoms with E-state index in [1.165, 1.54) is 11.6 Å². The number of halogens is 4. The maximum Gasteiger partial charge on any atom is 0.416 e. The number of benzene rings is 2. The van der Waals surface area contributed by atoms with E-state index in [0.717, 1.165) is 30.8 Å². The summed E-state index contributed by atoms with van der Waals surface area (Å²) in [4.78, 5) is 4.50. The van der Waals surface area contributed by atoms with E-state index in [0.29, 0.717) is 31.2 Å². The van der Waals surface area contributed by atoms with Crippen molar-refractivity contribution in [3.63, 3.8) is 0 Å². The Bertz CT molecular complexity index is 1000. The van der Waals surface area contributed by atoms with Gasteiger partial charge in [-0.25, -0.2) is 4.99 Å². The lowest BCUT2D eigenvalue weighted by atomic mass is 10.1. The molecular weight excluding hydrogens is 544 g/mol. The average Bonchev–Trinajstić information content (AvgIpc) is 3.25. The third-order valence-electron chi connectivity index (χ3n) is 4.88. The Balaban J connectivity index is 0.00000385. The quantitative estimate of drug-likeness (QED) is 0.226. The fourth-order valence-electron chi connectivity index (χ4n) is 3.19. The molecule has 0 saturated carbocycles. The maximum absolute atomic E-state index is 13.0. The van der Waals surface area contributed by atoms with Gasteiger partial charge >= 0.3 is 6.18 Å². The number of aromatic nitrogens is 3. The smallest absolute Gasteiger partial charge is 0.356 e. The average molecular weight is 572 g/mol. The number of hydrogen-bond donors (Lipinski definition) is 2. The molecule has 0 aliphatic carbocycles. The van der Waals surface area contributed by atoms with E-state index in [4.69, 9.17) is 0 Å². The molecule has 6 nitrogen and oxygen atoms in total. The highest BCUT2D eigenvalue weighted by Crippen LogP contribution is 2.29. The van der Waals surface area contributed by atoms with E-state index >= 15 is 0 Å². The highest BCUT2D eigenvalue weighted by molar-refractivity contribution is 14.0. The first-order valence-electron chi connectivity index (χ1n) is 10.5. The predicted molar refractivity (Wildman–Crippen MR) is 134 cm³/mol. The first-order valence-corrected chi connectivity index (χ1v) is 10.5. The molecule has 10 heteroatoms. The number of aryl methyl sites for hydroxylation is 1. The molecule has 0 spiro atoms. The lowest BCUT2D eigenvalue weighted by Crippen LogP contribution is -2.40. The third-order valence-corrected chi connectivity index (χ3v) is 4.88. The van der Waals surface area contributed by atoms with E-state index < -0.39 is 11.7 Å². The molecule has 3 rings (SSSR count). The van der Waals surface area contributed by atoms with Crippen LogP contribution in [0.25, 0.3) is 0 Å². The van der Waals surface area contributed by atoms with Crippen molar-refractivity contribution in [2.45, 2.75) is 39.0 Å². The normalized spacial score (nSPS) is 11.7. The van der Waals surface area contributed by atoms with Gasteiger partial charge in [0.1, 0.15) is 12.2 Å². The van der Waals surface area contributed by atoms with Crippen molar-refractivity contribution < 1.29 is 13.2 Å². The van der Waals surface area contributed by atoms with E-state index in [1.54, 1.807) is 12.4 Å². The summed E-state index contributed by atoms with van der Waals surface area (Å²) in [5.41, 5.74) is 1.02. The molecule has 0 fully saturated rings. The third kappa shape index (κ3) is 8.67. The molecule has 0 aliphatic rings. The molecule has 0 atom stereocenters. The molecule has 0 bridgehead atoms. The molecule has 1 aromatic heterocycles. The topological polar surface area (TPSA) is 67.1 Å². The maximum atomic E-state index is 13.0. The molecule has 0 saturated heterocycles. The largest absolute Gasteiger partial charge is 0.416 e. The lowest BCUT2D eigenvalue weighted by Gasteiger charge is -2.14. The summed E-state index contributed by atoms with van der Waals surface area (Å²) in [5, 5.41) is 14.5. The van der Waals surface area contributed by atoms with Crippen LogP contribution in [0.2, 0.25) is 0 Å². The second-order valence-electron chi connectivity index (χ2n) is 7.25. The van der Waals surface area contributed by atoms with Crippen LogP contribution < -0.4 is 10.6 Å². The Hall–Kier alpha value is -2.63. The van der Waals surface area contributed by atoms with Crippen LogP contribution in [0.15, 0.2) is 65.9 Å². The highest BCUT2D eigenvalue weighted by Gasteiger charge is 2.30. The van der Waals surface area contributed by atoms with Crippen molar-refractivity contribution in [3.05, 3.63) is 83.4 Å². The molecule has 3 aromatic rings. The monoisotopic (exact) mass is 572 g/mol. The van der Waals surface area contributed by atoms with Crippen LogP contribution in [0, 0.1) is 0 Å². The van der Waals surface area contributed by atoms with Crippen molar-refractivity contribution in [1.82, 2.24) is 25.4 Å². The Morgan fingerprint density at radius 2 is 1.73 bits per heavy atom. The van der Waals surface area contributed by atoms with Gasteiger partial charge in [0, 0.05) is 26.1 Å². The minimum Gasteiger partial charge on any atom is -0.356 e. The number of nitrogens with one attached hydrogen (secondary N) is 2. The Labute approximate surface area is 208 Å². The summed E-state index contributed by atoms with van der Waals surface area (Å²) in [6.45, 7) is 4.02. The van der Waals surface area contributed by atoms with E-state index in [1.807, 2.05) is 41.8 Å². The van der Waals surface area contributed by atoms with E-state index in [2.05, 4.69) is 25.8 Å². The molecule has 2 N–H and O–H groups in total. The molecular formula is C23H28F3IN6. The summed E-state index contributed by atoms with van der Waals surface area (Å²) in [7, 11) is 0. The van der Waals surface area contributed by atoms with Crippen LogP contribution in [0.5, 0.6) is 0 Å². The summed E-state index contributed by atoms with van der Waals surface area (Å²) < 4.78 is 40.9. The van der Waals surface area contributed by atoms with Gasteiger partial charge in [-0.2, -0.15) is 13.2 Å². The zero-order valence-electron chi connectivity index (χ0n) is 18.3. The lowest BCUT2D eigenvalue weighted by molar-refractivity contribution is -0.137. The van der Waals surface area contributed by atoms with Gasteiger partial charge in [-0.05, 0) is 29.7 Å². The van der Waals surface area contributed by atoms with Crippen LogP contribution in [0.3, 0.4) is 0 Å². The standard InChI is InChI=1S/C23H27F3N6.HI/c1-2-21-31-30-17-32(21)14-13-28-22(27-12-11-18-7-4-3-5-8-18)29-16-19-9-6-10-20(15-19)23(24,25)26;/h3-10,15,17H,2,11-14,16H2,1H3,(H2,27,28,29);1H. The Kier molecular flexibility index (Phi) is 10.6. The first-order chi connectivity index (χ1) is 15.5. The van der Waals surface area contributed by atoms with Crippen LogP contribution in [-0.2, 0) is 32.1 Å². The fraction of sp³-hybridized carbons (Fsp3) is 0.348. The van der Waals surface area contributed by atoms with Gasteiger partial charge in [0.2, 0.25) is 0 Å². The number of nitrogens with zero attached hydrogens (tertiary/aromatic N) is 4. The van der Waals surface area contributed by atoms with Gasteiger partial charge in [-0.1, -0.05) is 49.4 Å². The van der Waals surface area contributed by atoms with Crippen LogP contribution >= 0.6 is 24.0 Å². The minimum absolute atomic E-state index is 0. The van der Waals surface area contributed by atoms with Crippen molar-refractivity contribution in [1.29, 1.82) is 0 Å². The first kappa shape index (κ1) is 26.6. The summed E-state index contributed by atoms with van der Waals surface area (Å²) in [6.07, 6.45) is -1.10. The van der Waals surface area contributed by atoms with Crippen LogP contribution in [-0.4, -0.2) is 33.8 Å². The predicted octanol–water partition coefficient (Wildman–Crippen LogP) is 4.46. The molecule has 2 aromatic carbocycles. The van der Waals surface area contributed by atoms with Gasteiger partial charge in [0.25, 0.3) is 0 Å². The molecule has 178 valence electrons. The Morgan fingerprint density at radius 3 is 2.45 bits per heavy atom.